The van der Waals surface area contributed by atoms with Gasteiger partial charge in [-0.3, -0.25) is 9.69 Å². The summed E-state index contributed by atoms with van der Waals surface area (Å²) in [5.74, 6) is -1.01. The third-order valence-corrected chi connectivity index (χ3v) is 6.59. The second-order valence-electron chi connectivity index (χ2n) is 5.93. The summed E-state index contributed by atoms with van der Waals surface area (Å²) in [6.45, 7) is 0.925. The van der Waals surface area contributed by atoms with Crippen LogP contribution in [0.1, 0.15) is 24.4 Å². The molecule has 0 amide bonds. The number of rotatable bonds is 5. The first kappa shape index (κ1) is 19.5. The highest BCUT2D eigenvalue weighted by molar-refractivity contribution is 7.88. The molecule has 1 heterocycles. The number of likely N-dealkylation sites (tertiary alicyclic amines) is 1. The molecule has 1 fully saturated rings. The molecule has 1 N–H and O–H groups in total. The molecule has 24 heavy (non-hydrogen) atoms. The van der Waals surface area contributed by atoms with Crippen LogP contribution in [0.25, 0.3) is 0 Å². The van der Waals surface area contributed by atoms with Crippen molar-refractivity contribution in [3.05, 3.63) is 33.8 Å². The molecule has 2 rings (SSSR count). The van der Waals surface area contributed by atoms with Crippen molar-refractivity contribution in [3.8, 4) is 0 Å². The summed E-state index contributed by atoms with van der Waals surface area (Å²) in [6.07, 6.45) is 2.29. The maximum absolute atomic E-state index is 11.8. The van der Waals surface area contributed by atoms with E-state index in [0.29, 0.717) is 36.5 Å². The normalized spacial score (nSPS) is 18.7. The maximum Gasteiger partial charge on any atom is 0.325 e. The van der Waals surface area contributed by atoms with E-state index < -0.39 is 22.0 Å². The number of aliphatic carboxylic acids is 1. The van der Waals surface area contributed by atoms with E-state index in [9.17, 15) is 18.3 Å². The van der Waals surface area contributed by atoms with Crippen LogP contribution in [0.4, 0.5) is 0 Å². The minimum atomic E-state index is -3.26. The molecule has 1 aromatic rings. The fourth-order valence-electron chi connectivity index (χ4n) is 3.00. The van der Waals surface area contributed by atoms with E-state index in [1.165, 1.54) is 10.6 Å². The highest BCUT2D eigenvalue weighted by Gasteiger charge is 2.34. The summed E-state index contributed by atoms with van der Waals surface area (Å²) in [5, 5.41) is 10.2. The lowest BCUT2D eigenvalue weighted by Gasteiger charge is -2.38. The van der Waals surface area contributed by atoms with Gasteiger partial charge in [0.1, 0.15) is 6.04 Å². The summed E-state index contributed by atoms with van der Waals surface area (Å²) in [4.78, 5) is 13.6. The highest BCUT2D eigenvalue weighted by atomic mass is 35.5. The largest absolute Gasteiger partial charge is 0.480 e. The summed E-state index contributed by atoms with van der Waals surface area (Å²) < 4.78 is 24.6. The summed E-state index contributed by atoms with van der Waals surface area (Å²) >= 11 is 12.2. The van der Waals surface area contributed by atoms with Gasteiger partial charge in [0, 0.05) is 31.7 Å². The van der Waals surface area contributed by atoms with Crippen LogP contribution >= 0.6 is 23.2 Å². The van der Waals surface area contributed by atoms with Gasteiger partial charge in [-0.15, -0.1) is 0 Å². The number of carboxylic acids is 1. The Labute approximate surface area is 152 Å². The highest BCUT2D eigenvalue weighted by Crippen LogP contribution is 2.34. The number of piperidine rings is 1. The molecular weight excluding hydrogens is 375 g/mol. The minimum absolute atomic E-state index is 0.125. The van der Waals surface area contributed by atoms with Gasteiger partial charge in [0.25, 0.3) is 0 Å². The van der Waals surface area contributed by atoms with Crippen molar-refractivity contribution >= 4 is 39.2 Å². The SMILES string of the molecule is CN(C1CCN(C(C(=O)O)c2cccc(Cl)c2Cl)CC1)S(C)(=O)=O. The summed E-state index contributed by atoms with van der Waals surface area (Å²) in [5.41, 5.74) is 0.451. The topological polar surface area (TPSA) is 77.9 Å². The quantitative estimate of drug-likeness (QED) is 0.829. The molecule has 1 aromatic carbocycles. The number of carboxylic acid groups (broad SMARTS) is 1. The first-order valence-electron chi connectivity index (χ1n) is 7.46. The average Bonchev–Trinajstić information content (AvgIpc) is 2.50. The Morgan fingerprint density at radius 1 is 1.33 bits per heavy atom. The van der Waals surface area contributed by atoms with Gasteiger partial charge in [-0.2, -0.15) is 0 Å². The lowest BCUT2D eigenvalue weighted by molar-refractivity contribution is -0.144. The van der Waals surface area contributed by atoms with Gasteiger partial charge in [0.15, 0.2) is 0 Å². The number of sulfonamides is 1. The molecule has 134 valence electrons. The number of nitrogens with zero attached hydrogens (tertiary/aromatic N) is 2. The van der Waals surface area contributed by atoms with Crippen LogP contribution in [-0.4, -0.2) is 61.1 Å². The number of benzene rings is 1. The molecule has 9 heteroatoms. The van der Waals surface area contributed by atoms with Crippen molar-refractivity contribution in [1.29, 1.82) is 0 Å². The van der Waals surface area contributed by atoms with Crippen LogP contribution in [0.2, 0.25) is 10.0 Å². The van der Waals surface area contributed by atoms with E-state index in [4.69, 9.17) is 23.2 Å². The Morgan fingerprint density at radius 3 is 2.42 bits per heavy atom. The van der Waals surface area contributed by atoms with Crippen LogP contribution in [0.3, 0.4) is 0 Å². The minimum Gasteiger partial charge on any atom is -0.480 e. The van der Waals surface area contributed by atoms with Gasteiger partial charge in [-0.25, -0.2) is 12.7 Å². The van der Waals surface area contributed by atoms with Crippen LogP contribution in [0, 0.1) is 0 Å². The van der Waals surface area contributed by atoms with Crippen LogP contribution in [0.15, 0.2) is 18.2 Å². The Balaban J connectivity index is 2.18. The predicted octanol–water partition coefficient (Wildman–Crippen LogP) is 2.47. The first-order chi connectivity index (χ1) is 11.1. The summed E-state index contributed by atoms with van der Waals surface area (Å²) in [7, 11) is -1.71. The van der Waals surface area contributed by atoms with E-state index >= 15 is 0 Å². The summed E-state index contributed by atoms with van der Waals surface area (Å²) in [6, 6.07) is 3.91. The second-order valence-corrected chi connectivity index (χ2v) is 8.76. The molecule has 0 spiro atoms. The third kappa shape index (κ3) is 4.21. The van der Waals surface area contributed by atoms with Crippen molar-refractivity contribution in [2.75, 3.05) is 26.4 Å². The average molecular weight is 395 g/mol. The maximum atomic E-state index is 11.8. The predicted molar refractivity (Wildman–Crippen MR) is 94.0 cm³/mol. The van der Waals surface area contributed by atoms with Crippen molar-refractivity contribution in [1.82, 2.24) is 9.21 Å². The second kappa shape index (κ2) is 7.58. The van der Waals surface area contributed by atoms with E-state index in [1.54, 1.807) is 30.1 Å². The zero-order valence-electron chi connectivity index (χ0n) is 13.4. The molecule has 0 aliphatic carbocycles. The Morgan fingerprint density at radius 2 is 1.92 bits per heavy atom. The van der Waals surface area contributed by atoms with Gasteiger partial charge in [-0.05, 0) is 18.9 Å². The van der Waals surface area contributed by atoms with E-state index in [0.717, 1.165) is 0 Å². The van der Waals surface area contributed by atoms with Gasteiger partial charge < -0.3 is 5.11 Å². The van der Waals surface area contributed by atoms with Crippen LogP contribution in [-0.2, 0) is 14.8 Å². The monoisotopic (exact) mass is 394 g/mol. The first-order valence-corrected chi connectivity index (χ1v) is 10.1. The fraction of sp³-hybridized carbons (Fsp3) is 0.533. The van der Waals surface area contributed by atoms with Crippen LogP contribution in [0.5, 0.6) is 0 Å². The van der Waals surface area contributed by atoms with Crippen molar-refractivity contribution in [2.45, 2.75) is 24.9 Å². The molecule has 1 unspecified atom stereocenters. The van der Waals surface area contributed by atoms with Gasteiger partial charge in [0.2, 0.25) is 10.0 Å². The molecule has 0 saturated carbocycles. The van der Waals surface area contributed by atoms with E-state index in [2.05, 4.69) is 0 Å². The van der Waals surface area contributed by atoms with Gasteiger partial charge >= 0.3 is 5.97 Å². The Hall–Kier alpha value is -0.860. The van der Waals surface area contributed by atoms with Crippen molar-refractivity contribution < 1.29 is 18.3 Å². The zero-order chi connectivity index (χ0) is 18.1. The Bertz CT molecular complexity index is 718. The standard InChI is InChI=1S/C15H20Cl2N2O4S/c1-18(24(2,22)23)10-6-8-19(9-7-10)14(15(20)21)11-4-3-5-12(16)13(11)17/h3-5,10,14H,6-9H2,1-2H3,(H,20,21). The fourth-order valence-corrected chi connectivity index (χ4v) is 4.16. The van der Waals surface area contributed by atoms with Gasteiger partial charge in [0.05, 0.1) is 16.3 Å². The Kier molecular flexibility index (Phi) is 6.14. The molecule has 1 aliphatic heterocycles. The van der Waals surface area contributed by atoms with E-state index in [1.807, 2.05) is 0 Å². The van der Waals surface area contributed by atoms with Crippen molar-refractivity contribution in [2.24, 2.45) is 0 Å². The van der Waals surface area contributed by atoms with E-state index in [-0.39, 0.29) is 11.1 Å². The molecule has 6 nitrogen and oxygen atoms in total. The van der Waals surface area contributed by atoms with Crippen LogP contribution < -0.4 is 0 Å². The molecule has 1 atom stereocenters. The number of halogens is 2. The smallest absolute Gasteiger partial charge is 0.325 e. The lowest BCUT2D eigenvalue weighted by Crippen LogP contribution is -2.47. The number of hydrogen-bond acceptors (Lipinski definition) is 4. The molecule has 0 bridgehead atoms. The third-order valence-electron chi connectivity index (χ3n) is 4.41. The number of carbonyl (C=O) groups is 1. The molecule has 0 aromatic heterocycles. The molecular formula is C15H20Cl2N2O4S. The lowest BCUT2D eigenvalue weighted by atomic mass is 9.99. The number of hydrogen-bond donors (Lipinski definition) is 1. The zero-order valence-corrected chi connectivity index (χ0v) is 15.8. The molecule has 1 aliphatic rings. The van der Waals surface area contributed by atoms with Gasteiger partial charge in [-0.1, -0.05) is 35.3 Å². The molecule has 1 saturated heterocycles. The molecule has 0 radical (unpaired) electrons. The van der Waals surface area contributed by atoms with Crippen molar-refractivity contribution in [3.63, 3.8) is 0 Å².